The second-order valence-corrected chi connectivity index (χ2v) is 4.22. The molecule has 0 saturated heterocycles. The normalized spacial score (nSPS) is 10.7. The zero-order chi connectivity index (χ0) is 13.1. The van der Waals surface area contributed by atoms with Crippen LogP contribution in [0.2, 0.25) is 0 Å². The first-order valence-electron chi connectivity index (χ1n) is 4.67. The molecule has 0 spiro atoms. The lowest BCUT2D eigenvalue weighted by atomic mass is 10.2. The van der Waals surface area contributed by atoms with E-state index in [0.717, 1.165) is 12.1 Å². The number of amides is 1. The molecule has 0 aliphatic carbocycles. The zero-order valence-corrected chi connectivity index (χ0v) is 11.5. The van der Waals surface area contributed by atoms with Gasteiger partial charge in [0.15, 0.2) is 0 Å². The molecular formula is C10H11BrClF3N2O. The quantitative estimate of drug-likeness (QED) is 0.878. The van der Waals surface area contributed by atoms with Crippen molar-refractivity contribution in [2.75, 3.05) is 13.1 Å². The number of carbonyl (C=O) groups excluding carboxylic acids is 1. The predicted octanol–water partition coefficient (Wildman–Crippen LogP) is 2.33. The average Bonchev–Trinajstić information content (AvgIpc) is 2.26. The highest BCUT2D eigenvalue weighted by Gasteiger charge is 2.27. The van der Waals surface area contributed by atoms with Crippen molar-refractivity contribution < 1.29 is 18.0 Å². The Morgan fingerprint density at radius 3 is 2.56 bits per heavy atom. The van der Waals surface area contributed by atoms with E-state index in [9.17, 15) is 18.0 Å². The molecule has 0 aromatic heterocycles. The van der Waals surface area contributed by atoms with Gasteiger partial charge in [0.2, 0.25) is 0 Å². The fraction of sp³-hybridized carbons (Fsp3) is 0.300. The summed E-state index contributed by atoms with van der Waals surface area (Å²) in [4.78, 5) is 11.5. The summed E-state index contributed by atoms with van der Waals surface area (Å²) in [7, 11) is 0. The van der Waals surface area contributed by atoms with E-state index in [0.29, 0.717) is 0 Å². The van der Waals surface area contributed by atoms with Gasteiger partial charge in [0.1, 0.15) is 5.82 Å². The van der Waals surface area contributed by atoms with Crippen LogP contribution in [0.1, 0.15) is 10.4 Å². The Morgan fingerprint density at radius 2 is 2.06 bits per heavy atom. The maximum atomic E-state index is 12.8. The summed E-state index contributed by atoms with van der Waals surface area (Å²) < 4.78 is 38.5. The minimum atomic E-state index is -3.15. The lowest BCUT2D eigenvalue weighted by molar-refractivity contribution is 0.0118. The van der Waals surface area contributed by atoms with Gasteiger partial charge in [-0.1, -0.05) is 0 Å². The number of halogens is 5. The molecule has 0 heterocycles. The number of rotatable bonds is 4. The van der Waals surface area contributed by atoms with Gasteiger partial charge in [-0.2, -0.15) is 0 Å². The molecule has 1 rings (SSSR count). The first-order valence-corrected chi connectivity index (χ1v) is 5.46. The van der Waals surface area contributed by atoms with Gasteiger partial charge in [0, 0.05) is 4.47 Å². The highest BCUT2D eigenvalue weighted by atomic mass is 79.9. The van der Waals surface area contributed by atoms with Crippen LogP contribution in [0, 0.1) is 5.82 Å². The monoisotopic (exact) mass is 346 g/mol. The molecule has 1 aromatic carbocycles. The summed E-state index contributed by atoms with van der Waals surface area (Å²) >= 11 is 2.97. The van der Waals surface area contributed by atoms with E-state index in [1.54, 1.807) is 0 Å². The Labute approximate surface area is 116 Å². The molecule has 0 aliphatic heterocycles. The molecular weight excluding hydrogens is 336 g/mol. The van der Waals surface area contributed by atoms with Crippen molar-refractivity contribution in [2.45, 2.75) is 5.92 Å². The number of hydrogen-bond donors (Lipinski definition) is 2. The molecule has 3 nitrogen and oxygen atoms in total. The Bertz CT molecular complexity index is 432. The number of hydrogen-bond acceptors (Lipinski definition) is 2. The topological polar surface area (TPSA) is 55.1 Å². The molecule has 18 heavy (non-hydrogen) atoms. The molecule has 0 bridgehead atoms. The largest absolute Gasteiger partial charge is 0.346 e. The van der Waals surface area contributed by atoms with Crippen LogP contribution in [0.25, 0.3) is 0 Å². The van der Waals surface area contributed by atoms with E-state index in [-0.39, 0.29) is 22.4 Å². The molecule has 0 atom stereocenters. The summed E-state index contributed by atoms with van der Waals surface area (Å²) in [6.45, 7) is -1.70. The van der Waals surface area contributed by atoms with Crippen molar-refractivity contribution in [3.05, 3.63) is 34.1 Å². The average molecular weight is 348 g/mol. The van der Waals surface area contributed by atoms with Gasteiger partial charge in [-0.05, 0) is 34.1 Å². The molecule has 0 radical (unpaired) electrons. The first-order chi connectivity index (χ1) is 7.85. The van der Waals surface area contributed by atoms with E-state index in [4.69, 9.17) is 5.73 Å². The van der Waals surface area contributed by atoms with Crippen LogP contribution in [-0.2, 0) is 0 Å². The molecule has 3 N–H and O–H groups in total. The summed E-state index contributed by atoms with van der Waals surface area (Å²) in [6, 6.07) is 3.35. The molecule has 0 saturated carbocycles. The highest BCUT2D eigenvalue weighted by molar-refractivity contribution is 9.10. The van der Waals surface area contributed by atoms with Gasteiger partial charge in [0.25, 0.3) is 11.8 Å². The van der Waals surface area contributed by atoms with Crippen LogP contribution in [0.4, 0.5) is 13.2 Å². The molecule has 0 fully saturated rings. The maximum Gasteiger partial charge on any atom is 0.277 e. The second kappa shape index (κ2) is 6.96. The molecule has 8 heteroatoms. The summed E-state index contributed by atoms with van der Waals surface area (Å²) in [6.07, 6.45) is 0. The van der Waals surface area contributed by atoms with Gasteiger partial charge in [-0.25, -0.2) is 13.2 Å². The van der Waals surface area contributed by atoms with Crippen LogP contribution < -0.4 is 11.1 Å². The minimum absolute atomic E-state index is 0. The van der Waals surface area contributed by atoms with E-state index in [1.807, 2.05) is 5.32 Å². The fourth-order valence-corrected chi connectivity index (χ4v) is 1.58. The van der Waals surface area contributed by atoms with E-state index in [2.05, 4.69) is 15.9 Å². The number of benzene rings is 1. The molecule has 102 valence electrons. The van der Waals surface area contributed by atoms with Crippen LogP contribution in [0.5, 0.6) is 0 Å². The van der Waals surface area contributed by atoms with Crippen LogP contribution >= 0.6 is 28.3 Å². The molecule has 0 aliphatic rings. The zero-order valence-electron chi connectivity index (χ0n) is 9.05. The molecule has 0 unspecified atom stereocenters. The number of carbonyl (C=O) groups is 1. The Morgan fingerprint density at radius 1 is 1.44 bits per heavy atom. The van der Waals surface area contributed by atoms with Crippen LogP contribution in [-0.4, -0.2) is 24.9 Å². The van der Waals surface area contributed by atoms with Gasteiger partial charge in [-0.3, -0.25) is 4.79 Å². The Balaban J connectivity index is 0.00000289. The van der Waals surface area contributed by atoms with Crippen molar-refractivity contribution in [2.24, 2.45) is 5.73 Å². The summed E-state index contributed by atoms with van der Waals surface area (Å²) in [5, 5.41) is 2.03. The maximum absolute atomic E-state index is 12.8. The Hall–Kier alpha value is -0.790. The third-order valence-electron chi connectivity index (χ3n) is 1.98. The smallest absolute Gasteiger partial charge is 0.277 e. The van der Waals surface area contributed by atoms with E-state index in [1.165, 1.54) is 6.07 Å². The number of alkyl halides is 2. The molecule has 1 amide bonds. The standard InChI is InChI=1S/C10H10BrF3N2O.ClH/c11-8-3-6(12)1-2-7(8)9(17)16-5-10(13,14)4-15;/h1-3H,4-5,15H2,(H,16,17);1H. The third-order valence-corrected chi connectivity index (χ3v) is 2.64. The van der Waals surface area contributed by atoms with Crippen molar-refractivity contribution in [3.63, 3.8) is 0 Å². The number of nitrogens with one attached hydrogen (secondary N) is 1. The van der Waals surface area contributed by atoms with Crippen molar-refractivity contribution >= 4 is 34.2 Å². The minimum Gasteiger partial charge on any atom is -0.346 e. The Kier molecular flexibility index (Phi) is 6.66. The SMILES string of the molecule is Cl.NCC(F)(F)CNC(=O)c1ccc(F)cc1Br. The second-order valence-electron chi connectivity index (χ2n) is 3.37. The van der Waals surface area contributed by atoms with Crippen molar-refractivity contribution in [3.8, 4) is 0 Å². The highest BCUT2D eigenvalue weighted by Crippen LogP contribution is 2.18. The van der Waals surface area contributed by atoms with Gasteiger partial charge < -0.3 is 11.1 Å². The molecule has 1 aromatic rings. The summed E-state index contributed by atoms with van der Waals surface area (Å²) in [5.74, 6) is -4.40. The van der Waals surface area contributed by atoms with Crippen LogP contribution in [0.3, 0.4) is 0 Å². The van der Waals surface area contributed by atoms with Gasteiger partial charge in [-0.15, -0.1) is 12.4 Å². The summed E-state index contributed by atoms with van der Waals surface area (Å²) in [5.41, 5.74) is 4.90. The number of nitrogens with two attached hydrogens (primary N) is 1. The van der Waals surface area contributed by atoms with Crippen molar-refractivity contribution in [1.82, 2.24) is 5.32 Å². The fourth-order valence-electron chi connectivity index (χ4n) is 1.05. The van der Waals surface area contributed by atoms with E-state index < -0.39 is 30.7 Å². The van der Waals surface area contributed by atoms with E-state index >= 15 is 0 Å². The van der Waals surface area contributed by atoms with Gasteiger partial charge >= 0.3 is 0 Å². The lowest BCUT2D eigenvalue weighted by Crippen LogP contribution is -2.41. The lowest BCUT2D eigenvalue weighted by Gasteiger charge is -2.14. The first kappa shape index (κ1) is 17.2. The third kappa shape index (κ3) is 4.83. The predicted molar refractivity (Wildman–Crippen MR) is 67.7 cm³/mol. The van der Waals surface area contributed by atoms with Gasteiger partial charge in [0.05, 0.1) is 18.7 Å². The van der Waals surface area contributed by atoms with Crippen molar-refractivity contribution in [1.29, 1.82) is 0 Å². The van der Waals surface area contributed by atoms with Crippen LogP contribution in [0.15, 0.2) is 22.7 Å².